The van der Waals surface area contributed by atoms with Crippen molar-refractivity contribution < 1.29 is 14.3 Å². The predicted octanol–water partition coefficient (Wildman–Crippen LogP) is 3.36. The van der Waals surface area contributed by atoms with E-state index in [0.717, 1.165) is 74.6 Å². The van der Waals surface area contributed by atoms with Crippen LogP contribution in [0.3, 0.4) is 0 Å². The lowest BCUT2D eigenvalue weighted by atomic mass is 10.0. The largest absolute Gasteiger partial charge is 0.493 e. The van der Waals surface area contributed by atoms with E-state index in [9.17, 15) is 4.79 Å². The van der Waals surface area contributed by atoms with Gasteiger partial charge in [0.15, 0.2) is 11.5 Å². The molecule has 0 atom stereocenters. The molecule has 2 aromatic heterocycles. The van der Waals surface area contributed by atoms with Crippen LogP contribution >= 0.6 is 0 Å². The third kappa shape index (κ3) is 4.15. The van der Waals surface area contributed by atoms with Crippen LogP contribution in [0.5, 0.6) is 5.75 Å². The number of aryl methyl sites for hydroxylation is 1. The summed E-state index contributed by atoms with van der Waals surface area (Å²) in [5.74, 6) is 1.27. The van der Waals surface area contributed by atoms with E-state index in [0.29, 0.717) is 22.8 Å². The molecule has 0 unspecified atom stereocenters. The molecule has 1 saturated heterocycles. The van der Waals surface area contributed by atoms with E-state index in [1.165, 1.54) is 5.56 Å². The Hall–Kier alpha value is -3.69. The summed E-state index contributed by atoms with van der Waals surface area (Å²) in [5.41, 5.74) is 5.81. The molecule has 2 aliphatic rings. The maximum atomic E-state index is 12.9. The number of nitrogens with one attached hydrogen (secondary N) is 3. The van der Waals surface area contributed by atoms with Gasteiger partial charge in [0.1, 0.15) is 5.75 Å². The number of benzene rings is 2. The zero-order valence-corrected chi connectivity index (χ0v) is 18.8. The number of hydrogen-bond acceptors (Lipinski definition) is 6. The van der Waals surface area contributed by atoms with Crippen LogP contribution in [-0.4, -0.2) is 63.9 Å². The summed E-state index contributed by atoms with van der Waals surface area (Å²) < 4.78 is 11.1. The zero-order valence-electron chi connectivity index (χ0n) is 18.8. The van der Waals surface area contributed by atoms with Crippen molar-refractivity contribution in [3.8, 4) is 17.3 Å². The smallest absolute Gasteiger partial charge is 0.255 e. The Kier molecular flexibility index (Phi) is 5.48. The minimum atomic E-state index is -0.195. The second-order valence-corrected chi connectivity index (χ2v) is 8.70. The van der Waals surface area contributed by atoms with Gasteiger partial charge in [-0.05, 0) is 54.3 Å². The maximum Gasteiger partial charge on any atom is 0.255 e. The number of carbonyl (C=O) groups is 1. The van der Waals surface area contributed by atoms with Gasteiger partial charge in [0.25, 0.3) is 5.91 Å². The van der Waals surface area contributed by atoms with Gasteiger partial charge in [0, 0.05) is 31.4 Å². The molecule has 0 radical (unpaired) electrons. The van der Waals surface area contributed by atoms with Crippen LogP contribution in [0.2, 0.25) is 0 Å². The van der Waals surface area contributed by atoms with E-state index >= 15 is 0 Å². The van der Waals surface area contributed by atoms with Gasteiger partial charge in [-0.25, -0.2) is 4.98 Å². The van der Waals surface area contributed by atoms with E-state index in [1.54, 1.807) is 12.3 Å². The number of rotatable bonds is 5. The number of imidazole rings is 1. The molecule has 1 amide bonds. The average Bonchev–Trinajstić information content (AvgIpc) is 3.50. The van der Waals surface area contributed by atoms with Gasteiger partial charge in [-0.15, -0.1) is 0 Å². The van der Waals surface area contributed by atoms with E-state index in [2.05, 4.69) is 37.5 Å². The first kappa shape index (κ1) is 20.9. The fraction of sp³-hybridized carbons (Fsp3) is 0.320. The van der Waals surface area contributed by atoms with Crippen molar-refractivity contribution in [2.75, 3.05) is 38.2 Å². The fourth-order valence-electron chi connectivity index (χ4n) is 4.54. The second kappa shape index (κ2) is 8.92. The van der Waals surface area contributed by atoms with Crippen molar-refractivity contribution in [3.05, 3.63) is 59.3 Å². The number of H-pyrrole nitrogens is 2. The highest BCUT2D eigenvalue weighted by Crippen LogP contribution is 2.28. The zero-order chi connectivity index (χ0) is 22.9. The minimum Gasteiger partial charge on any atom is -0.493 e. The highest BCUT2D eigenvalue weighted by Gasteiger charge is 2.18. The Morgan fingerprint density at radius 1 is 1.12 bits per heavy atom. The quantitative estimate of drug-likeness (QED) is 0.423. The van der Waals surface area contributed by atoms with Crippen LogP contribution in [-0.2, 0) is 17.7 Å². The summed E-state index contributed by atoms with van der Waals surface area (Å²) in [4.78, 5) is 23.4. The number of aromatic nitrogens is 4. The molecule has 174 valence electrons. The van der Waals surface area contributed by atoms with Crippen molar-refractivity contribution in [1.29, 1.82) is 0 Å². The fourth-order valence-corrected chi connectivity index (χ4v) is 4.54. The average molecular weight is 459 g/mol. The lowest BCUT2D eigenvalue weighted by Gasteiger charge is -2.26. The number of anilines is 1. The van der Waals surface area contributed by atoms with Crippen molar-refractivity contribution in [3.63, 3.8) is 0 Å². The first-order valence-electron chi connectivity index (χ1n) is 11.6. The highest BCUT2D eigenvalue weighted by molar-refractivity contribution is 6.06. The van der Waals surface area contributed by atoms with E-state index in [4.69, 9.17) is 14.5 Å². The number of morpholine rings is 1. The third-order valence-electron chi connectivity index (χ3n) is 6.34. The molecule has 4 heterocycles. The molecule has 2 aromatic carbocycles. The standard InChI is InChI=1S/C25H26N6O3/c32-25(18-4-6-22-17(13-18)2-1-9-34-22)29-21-14-26-30-23(21)24-27-19-5-3-16(12-20(19)28-24)15-31-7-10-33-11-8-31/h3-6,12-14H,1-2,7-11,15H2,(H,26,30)(H,27,28)(H,29,32). The Balaban J connectivity index is 1.21. The SMILES string of the molecule is O=C(Nc1c[nH]nc1-c1nc2cc(CN3CCOCC3)ccc2[nH]1)c1ccc2c(c1)CCCO2. The summed E-state index contributed by atoms with van der Waals surface area (Å²) in [5, 5.41) is 10.2. The molecule has 0 bridgehead atoms. The monoisotopic (exact) mass is 458 g/mol. The highest BCUT2D eigenvalue weighted by atomic mass is 16.5. The molecule has 6 rings (SSSR count). The molecule has 1 fully saturated rings. The Labute approximate surface area is 196 Å². The van der Waals surface area contributed by atoms with Gasteiger partial charge >= 0.3 is 0 Å². The number of fused-ring (bicyclic) bond motifs is 2. The predicted molar refractivity (Wildman–Crippen MR) is 128 cm³/mol. The summed E-state index contributed by atoms with van der Waals surface area (Å²) in [6, 6.07) is 11.8. The summed E-state index contributed by atoms with van der Waals surface area (Å²) in [7, 11) is 0. The molecule has 9 nitrogen and oxygen atoms in total. The van der Waals surface area contributed by atoms with Gasteiger partial charge in [-0.3, -0.25) is 14.8 Å². The molecular formula is C25H26N6O3. The van der Waals surface area contributed by atoms with Crippen LogP contribution in [0.25, 0.3) is 22.6 Å². The summed E-state index contributed by atoms with van der Waals surface area (Å²) >= 11 is 0. The van der Waals surface area contributed by atoms with Gasteiger partial charge in [0.2, 0.25) is 0 Å². The molecule has 34 heavy (non-hydrogen) atoms. The van der Waals surface area contributed by atoms with Crippen molar-refractivity contribution in [1.82, 2.24) is 25.1 Å². The molecule has 3 N–H and O–H groups in total. The normalized spacial score (nSPS) is 16.2. The first-order chi connectivity index (χ1) is 16.7. The Morgan fingerprint density at radius 3 is 2.94 bits per heavy atom. The second-order valence-electron chi connectivity index (χ2n) is 8.70. The van der Waals surface area contributed by atoms with Crippen molar-refractivity contribution in [2.24, 2.45) is 0 Å². The van der Waals surface area contributed by atoms with Crippen molar-refractivity contribution >= 4 is 22.6 Å². The van der Waals surface area contributed by atoms with E-state index in [-0.39, 0.29) is 5.91 Å². The number of ether oxygens (including phenoxy) is 2. The maximum absolute atomic E-state index is 12.9. The minimum absolute atomic E-state index is 0.195. The van der Waals surface area contributed by atoms with Crippen LogP contribution in [0.4, 0.5) is 5.69 Å². The molecule has 0 saturated carbocycles. The van der Waals surface area contributed by atoms with Crippen LogP contribution in [0.15, 0.2) is 42.6 Å². The van der Waals surface area contributed by atoms with Gasteiger partial charge in [-0.2, -0.15) is 5.10 Å². The molecule has 0 aliphatic carbocycles. The van der Waals surface area contributed by atoms with Gasteiger partial charge < -0.3 is 19.8 Å². The number of nitrogens with zero attached hydrogens (tertiary/aromatic N) is 3. The first-order valence-corrected chi connectivity index (χ1v) is 11.6. The number of amides is 1. The van der Waals surface area contributed by atoms with E-state index in [1.807, 2.05) is 18.2 Å². The summed E-state index contributed by atoms with van der Waals surface area (Å²) in [6.45, 7) is 5.04. The topological polar surface area (TPSA) is 108 Å². The molecule has 2 aliphatic heterocycles. The lowest BCUT2D eigenvalue weighted by molar-refractivity contribution is 0.0342. The van der Waals surface area contributed by atoms with Crippen molar-refractivity contribution in [2.45, 2.75) is 19.4 Å². The Morgan fingerprint density at radius 2 is 2.03 bits per heavy atom. The number of hydrogen-bond donors (Lipinski definition) is 3. The van der Waals surface area contributed by atoms with Crippen LogP contribution in [0.1, 0.15) is 27.9 Å². The number of carbonyl (C=O) groups excluding carboxylic acids is 1. The lowest BCUT2D eigenvalue weighted by Crippen LogP contribution is -2.35. The van der Waals surface area contributed by atoms with Gasteiger partial charge in [-0.1, -0.05) is 6.07 Å². The Bertz CT molecular complexity index is 1340. The number of aromatic amines is 2. The molecule has 4 aromatic rings. The summed E-state index contributed by atoms with van der Waals surface area (Å²) in [6.07, 6.45) is 3.55. The molecular weight excluding hydrogens is 432 g/mol. The molecule has 0 spiro atoms. The van der Waals surface area contributed by atoms with Crippen LogP contribution < -0.4 is 10.1 Å². The van der Waals surface area contributed by atoms with Gasteiger partial charge in [0.05, 0.1) is 36.5 Å². The third-order valence-corrected chi connectivity index (χ3v) is 6.34. The molecule has 9 heteroatoms. The van der Waals surface area contributed by atoms with Crippen LogP contribution in [0, 0.1) is 0 Å². The van der Waals surface area contributed by atoms with E-state index < -0.39 is 0 Å².